The Morgan fingerprint density at radius 1 is 1.22 bits per heavy atom. The molecule has 0 aliphatic carbocycles. The predicted octanol–water partition coefficient (Wildman–Crippen LogP) is 3.95. The predicted molar refractivity (Wildman–Crippen MR) is 76.0 cm³/mol. The number of benzene rings is 1. The number of ether oxygens (including phenoxy) is 1. The van der Waals surface area contributed by atoms with Crippen molar-refractivity contribution in [3.05, 3.63) is 34.9 Å². The molecule has 2 rings (SSSR count). The van der Waals surface area contributed by atoms with Gasteiger partial charge in [0.05, 0.1) is 12.2 Å². The van der Waals surface area contributed by atoms with Crippen LogP contribution in [0.4, 0.5) is 0 Å². The van der Waals surface area contributed by atoms with E-state index in [0.717, 1.165) is 17.9 Å². The first kappa shape index (κ1) is 13.9. The van der Waals surface area contributed by atoms with E-state index >= 15 is 0 Å². The van der Waals surface area contributed by atoms with Crippen LogP contribution in [-0.2, 0) is 4.74 Å². The maximum absolute atomic E-state index is 6.23. The fourth-order valence-corrected chi connectivity index (χ4v) is 3.11. The van der Waals surface area contributed by atoms with E-state index in [1.807, 2.05) is 18.2 Å². The van der Waals surface area contributed by atoms with Gasteiger partial charge in [0.25, 0.3) is 0 Å². The van der Waals surface area contributed by atoms with Gasteiger partial charge in [-0.15, -0.1) is 0 Å². The van der Waals surface area contributed by atoms with Crippen LogP contribution in [0.5, 0.6) is 0 Å². The lowest BCUT2D eigenvalue weighted by Gasteiger charge is -2.34. The SMILES string of the molecule is CC1CC(NC(C)c2ccccc2Cl)CC(C)O1. The van der Waals surface area contributed by atoms with Gasteiger partial charge in [0.15, 0.2) is 0 Å². The normalized spacial score (nSPS) is 30.1. The monoisotopic (exact) mass is 267 g/mol. The Hall–Kier alpha value is -0.570. The average molecular weight is 268 g/mol. The van der Waals surface area contributed by atoms with Crippen LogP contribution in [0.15, 0.2) is 24.3 Å². The molecule has 0 spiro atoms. The van der Waals surface area contributed by atoms with Crippen molar-refractivity contribution in [3.8, 4) is 0 Å². The highest BCUT2D eigenvalue weighted by molar-refractivity contribution is 6.31. The Kier molecular flexibility index (Phi) is 4.66. The van der Waals surface area contributed by atoms with Crippen LogP contribution in [0.2, 0.25) is 5.02 Å². The second-order valence-electron chi connectivity index (χ2n) is 5.34. The third kappa shape index (κ3) is 3.47. The van der Waals surface area contributed by atoms with Crippen molar-refractivity contribution in [2.45, 2.75) is 57.9 Å². The molecular formula is C15H22ClNO. The fraction of sp³-hybridized carbons (Fsp3) is 0.600. The highest BCUT2D eigenvalue weighted by Crippen LogP contribution is 2.25. The van der Waals surface area contributed by atoms with Crippen molar-refractivity contribution < 1.29 is 4.74 Å². The molecule has 1 fully saturated rings. The Morgan fingerprint density at radius 2 is 1.83 bits per heavy atom. The molecule has 18 heavy (non-hydrogen) atoms. The molecule has 0 aromatic heterocycles. The van der Waals surface area contributed by atoms with Crippen molar-refractivity contribution in [3.63, 3.8) is 0 Å². The Bertz CT molecular complexity index is 386. The molecule has 3 heteroatoms. The van der Waals surface area contributed by atoms with Gasteiger partial charge in [-0.3, -0.25) is 0 Å². The summed E-state index contributed by atoms with van der Waals surface area (Å²) in [5, 5.41) is 4.51. The standard InChI is InChI=1S/C15H22ClNO/c1-10-8-13(9-11(2)18-10)17-12(3)14-6-4-5-7-15(14)16/h4-7,10-13,17H,8-9H2,1-3H3. The molecule has 1 saturated heterocycles. The third-order valence-electron chi connectivity index (χ3n) is 3.55. The van der Waals surface area contributed by atoms with Crippen LogP contribution in [0.3, 0.4) is 0 Å². The third-order valence-corrected chi connectivity index (χ3v) is 3.90. The van der Waals surface area contributed by atoms with Gasteiger partial charge in [0, 0.05) is 17.1 Å². The molecule has 1 aliphatic heterocycles. The molecule has 0 saturated carbocycles. The molecule has 1 aliphatic rings. The van der Waals surface area contributed by atoms with E-state index in [-0.39, 0.29) is 6.04 Å². The molecule has 1 N–H and O–H groups in total. The molecule has 1 heterocycles. The van der Waals surface area contributed by atoms with E-state index in [0.29, 0.717) is 18.2 Å². The summed E-state index contributed by atoms with van der Waals surface area (Å²) in [6, 6.07) is 8.83. The molecule has 1 aromatic rings. The quantitative estimate of drug-likeness (QED) is 0.896. The molecule has 0 radical (unpaired) electrons. The van der Waals surface area contributed by atoms with E-state index in [4.69, 9.17) is 16.3 Å². The number of rotatable bonds is 3. The first-order valence-corrected chi connectivity index (χ1v) is 7.10. The van der Waals surface area contributed by atoms with Gasteiger partial charge >= 0.3 is 0 Å². The summed E-state index contributed by atoms with van der Waals surface area (Å²) >= 11 is 6.23. The molecule has 3 atom stereocenters. The lowest BCUT2D eigenvalue weighted by atomic mass is 9.98. The number of nitrogens with one attached hydrogen (secondary N) is 1. The minimum absolute atomic E-state index is 0.279. The summed E-state index contributed by atoms with van der Waals surface area (Å²) in [5.41, 5.74) is 1.17. The number of halogens is 1. The summed E-state index contributed by atoms with van der Waals surface area (Å²) in [5.74, 6) is 0. The molecule has 0 bridgehead atoms. The lowest BCUT2D eigenvalue weighted by molar-refractivity contribution is -0.0433. The second-order valence-corrected chi connectivity index (χ2v) is 5.74. The van der Waals surface area contributed by atoms with Crippen molar-refractivity contribution in [2.75, 3.05) is 0 Å². The second kappa shape index (κ2) is 6.05. The van der Waals surface area contributed by atoms with E-state index in [1.54, 1.807) is 0 Å². The number of hydrogen-bond donors (Lipinski definition) is 1. The molecule has 2 nitrogen and oxygen atoms in total. The average Bonchev–Trinajstić information content (AvgIpc) is 2.27. The van der Waals surface area contributed by atoms with E-state index in [2.05, 4.69) is 32.2 Å². The van der Waals surface area contributed by atoms with Crippen LogP contribution < -0.4 is 5.32 Å². The van der Waals surface area contributed by atoms with Gasteiger partial charge in [-0.2, -0.15) is 0 Å². The fourth-order valence-electron chi connectivity index (χ4n) is 2.81. The molecule has 1 aromatic carbocycles. The first-order valence-electron chi connectivity index (χ1n) is 6.72. The zero-order valence-corrected chi connectivity index (χ0v) is 12.1. The lowest BCUT2D eigenvalue weighted by Crippen LogP contribution is -2.42. The Morgan fingerprint density at radius 3 is 2.44 bits per heavy atom. The summed E-state index contributed by atoms with van der Waals surface area (Å²) in [7, 11) is 0. The summed E-state index contributed by atoms with van der Waals surface area (Å²) in [4.78, 5) is 0. The number of hydrogen-bond acceptors (Lipinski definition) is 2. The van der Waals surface area contributed by atoms with Gasteiger partial charge in [-0.05, 0) is 45.2 Å². The van der Waals surface area contributed by atoms with Crippen molar-refractivity contribution in [1.29, 1.82) is 0 Å². The summed E-state index contributed by atoms with van der Waals surface area (Å²) in [6.07, 6.45) is 2.81. The van der Waals surface area contributed by atoms with E-state index in [1.165, 1.54) is 5.56 Å². The van der Waals surface area contributed by atoms with Crippen LogP contribution in [0.1, 0.15) is 45.2 Å². The smallest absolute Gasteiger partial charge is 0.0565 e. The molecule has 100 valence electrons. The van der Waals surface area contributed by atoms with Crippen LogP contribution >= 0.6 is 11.6 Å². The summed E-state index contributed by atoms with van der Waals surface area (Å²) in [6.45, 7) is 6.46. The molecule has 3 unspecified atom stereocenters. The van der Waals surface area contributed by atoms with Crippen LogP contribution in [0, 0.1) is 0 Å². The van der Waals surface area contributed by atoms with Crippen molar-refractivity contribution >= 4 is 11.6 Å². The van der Waals surface area contributed by atoms with Crippen LogP contribution in [-0.4, -0.2) is 18.2 Å². The largest absolute Gasteiger partial charge is 0.375 e. The maximum Gasteiger partial charge on any atom is 0.0565 e. The zero-order valence-electron chi connectivity index (χ0n) is 11.3. The first-order chi connectivity index (χ1) is 8.56. The van der Waals surface area contributed by atoms with Gasteiger partial charge < -0.3 is 10.1 Å². The van der Waals surface area contributed by atoms with Crippen molar-refractivity contribution in [1.82, 2.24) is 5.32 Å². The van der Waals surface area contributed by atoms with E-state index < -0.39 is 0 Å². The summed E-state index contributed by atoms with van der Waals surface area (Å²) < 4.78 is 5.76. The Labute approximate surface area is 115 Å². The highest BCUT2D eigenvalue weighted by atomic mass is 35.5. The van der Waals surface area contributed by atoms with Crippen molar-refractivity contribution in [2.24, 2.45) is 0 Å². The van der Waals surface area contributed by atoms with Gasteiger partial charge in [0.1, 0.15) is 0 Å². The topological polar surface area (TPSA) is 21.3 Å². The molecule has 0 amide bonds. The highest BCUT2D eigenvalue weighted by Gasteiger charge is 2.25. The van der Waals surface area contributed by atoms with Gasteiger partial charge in [0.2, 0.25) is 0 Å². The maximum atomic E-state index is 6.23. The molecular weight excluding hydrogens is 246 g/mol. The Balaban J connectivity index is 1.99. The van der Waals surface area contributed by atoms with Crippen LogP contribution in [0.25, 0.3) is 0 Å². The van der Waals surface area contributed by atoms with Gasteiger partial charge in [-0.1, -0.05) is 29.8 Å². The zero-order chi connectivity index (χ0) is 13.1. The van der Waals surface area contributed by atoms with Gasteiger partial charge in [-0.25, -0.2) is 0 Å². The minimum atomic E-state index is 0.279. The van der Waals surface area contributed by atoms with E-state index in [9.17, 15) is 0 Å². The minimum Gasteiger partial charge on any atom is -0.375 e.